The smallest absolute Gasteiger partial charge is 0.243 e. The molecule has 1 aromatic rings. The van der Waals surface area contributed by atoms with E-state index in [1.165, 1.54) is 11.1 Å². The summed E-state index contributed by atoms with van der Waals surface area (Å²) in [5, 5.41) is 3.00. The Morgan fingerprint density at radius 3 is 2.84 bits per heavy atom. The largest absolute Gasteiger partial charge is 0.379 e. The normalized spacial score (nSPS) is 24.2. The first-order valence-corrected chi connectivity index (χ1v) is 6.67. The van der Waals surface area contributed by atoms with E-state index >= 15 is 0 Å². The van der Waals surface area contributed by atoms with Crippen molar-refractivity contribution in [2.75, 3.05) is 13.2 Å². The van der Waals surface area contributed by atoms with Crippen LogP contribution in [0.4, 0.5) is 0 Å². The molecule has 0 radical (unpaired) electrons. The van der Waals surface area contributed by atoms with Gasteiger partial charge in [-0.25, -0.2) is 0 Å². The summed E-state index contributed by atoms with van der Waals surface area (Å²) in [4.78, 5) is 12.2. The molecule has 4 nitrogen and oxygen atoms in total. The molecular weight excluding hydrogens is 240 g/mol. The minimum atomic E-state index is -0.869. The predicted octanol–water partition coefficient (Wildman–Crippen LogP) is 1.60. The molecule has 1 aliphatic heterocycles. The average Bonchev–Trinajstić information content (AvgIpc) is 2.80. The SMILES string of the molecule is Cc1ccc(C)c(C(C)NC(=O)C2(N)CCOC2)c1. The summed E-state index contributed by atoms with van der Waals surface area (Å²) in [6, 6.07) is 6.20. The van der Waals surface area contributed by atoms with Crippen LogP contribution in [0.3, 0.4) is 0 Å². The highest BCUT2D eigenvalue weighted by Crippen LogP contribution is 2.21. The number of hydrogen-bond acceptors (Lipinski definition) is 3. The molecular formula is C15H22N2O2. The molecule has 2 atom stereocenters. The third kappa shape index (κ3) is 2.96. The van der Waals surface area contributed by atoms with E-state index in [4.69, 9.17) is 10.5 Å². The van der Waals surface area contributed by atoms with E-state index in [0.29, 0.717) is 19.6 Å². The molecule has 1 amide bonds. The Labute approximate surface area is 114 Å². The molecule has 0 aromatic heterocycles. The first kappa shape index (κ1) is 14.0. The van der Waals surface area contributed by atoms with E-state index < -0.39 is 5.54 Å². The molecule has 104 valence electrons. The fraction of sp³-hybridized carbons (Fsp3) is 0.533. The summed E-state index contributed by atoms with van der Waals surface area (Å²) in [5.74, 6) is -0.126. The molecule has 3 N–H and O–H groups in total. The standard InChI is InChI=1S/C15H22N2O2/c1-10-4-5-11(2)13(8-10)12(3)17-14(18)15(16)6-7-19-9-15/h4-5,8,12H,6-7,9,16H2,1-3H3,(H,17,18). The van der Waals surface area contributed by atoms with Gasteiger partial charge in [0.1, 0.15) is 5.54 Å². The molecule has 1 saturated heterocycles. The molecule has 1 aromatic carbocycles. The maximum atomic E-state index is 12.2. The van der Waals surface area contributed by atoms with Crippen molar-refractivity contribution < 1.29 is 9.53 Å². The number of carbonyl (C=O) groups is 1. The van der Waals surface area contributed by atoms with Crippen LogP contribution in [0.1, 0.15) is 36.1 Å². The van der Waals surface area contributed by atoms with Crippen LogP contribution in [0.25, 0.3) is 0 Å². The summed E-state index contributed by atoms with van der Waals surface area (Å²) in [5.41, 5.74) is 8.69. The van der Waals surface area contributed by atoms with E-state index in [2.05, 4.69) is 23.5 Å². The molecule has 2 rings (SSSR count). The Kier molecular flexibility index (Phi) is 3.92. The van der Waals surface area contributed by atoms with Gasteiger partial charge in [0, 0.05) is 6.61 Å². The van der Waals surface area contributed by atoms with Crippen LogP contribution in [0.2, 0.25) is 0 Å². The van der Waals surface area contributed by atoms with Crippen molar-refractivity contribution in [1.82, 2.24) is 5.32 Å². The zero-order chi connectivity index (χ0) is 14.0. The van der Waals surface area contributed by atoms with E-state index in [-0.39, 0.29) is 11.9 Å². The maximum Gasteiger partial charge on any atom is 0.243 e. The third-order valence-corrected chi connectivity index (χ3v) is 3.75. The Morgan fingerprint density at radius 2 is 2.21 bits per heavy atom. The summed E-state index contributed by atoms with van der Waals surface area (Å²) in [6.07, 6.45) is 0.582. The number of aryl methyl sites for hydroxylation is 2. The molecule has 1 heterocycles. The lowest BCUT2D eigenvalue weighted by molar-refractivity contribution is -0.127. The van der Waals surface area contributed by atoms with Crippen LogP contribution in [-0.4, -0.2) is 24.7 Å². The van der Waals surface area contributed by atoms with Crippen molar-refractivity contribution in [3.63, 3.8) is 0 Å². The number of benzene rings is 1. The molecule has 0 spiro atoms. The molecule has 1 aliphatic rings. The fourth-order valence-electron chi connectivity index (χ4n) is 2.40. The Balaban J connectivity index is 2.10. The fourth-order valence-corrected chi connectivity index (χ4v) is 2.40. The van der Waals surface area contributed by atoms with Gasteiger partial charge in [-0.3, -0.25) is 4.79 Å². The lowest BCUT2D eigenvalue weighted by atomic mass is 9.96. The second-order valence-electron chi connectivity index (χ2n) is 5.51. The van der Waals surface area contributed by atoms with Crippen LogP contribution in [0, 0.1) is 13.8 Å². The number of nitrogens with one attached hydrogen (secondary N) is 1. The maximum absolute atomic E-state index is 12.2. The van der Waals surface area contributed by atoms with Crippen molar-refractivity contribution in [2.45, 2.75) is 38.8 Å². The number of carbonyl (C=O) groups excluding carboxylic acids is 1. The van der Waals surface area contributed by atoms with Crippen LogP contribution < -0.4 is 11.1 Å². The van der Waals surface area contributed by atoms with Gasteiger partial charge < -0.3 is 15.8 Å². The molecule has 2 unspecified atom stereocenters. The highest BCUT2D eigenvalue weighted by Gasteiger charge is 2.38. The van der Waals surface area contributed by atoms with Gasteiger partial charge in [0.05, 0.1) is 12.6 Å². The van der Waals surface area contributed by atoms with Gasteiger partial charge in [-0.2, -0.15) is 0 Å². The van der Waals surface area contributed by atoms with Crippen LogP contribution in [-0.2, 0) is 9.53 Å². The zero-order valence-electron chi connectivity index (χ0n) is 11.8. The van der Waals surface area contributed by atoms with Crippen molar-refractivity contribution in [3.05, 3.63) is 34.9 Å². The molecule has 19 heavy (non-hydrogen) atoms. The quantitative estimate of drug-likeness (QED) is 0.869. The van der Waals surface area contributed by atoms with Crippen molar-refractivity contribution in [2.24, 2.45) is 5.73 Å². The first-order valence-electron chi connectivity index (χ1n) is 6.67. The van der Waals surface area contributed by atoms with Crippen LogP contribution >= 0.6 is 0 Å². The van der Waals surface area contributed by atoms with Gasteiger partial charge in [0.25, 0.3) is 0 Å². The van der Waals surface area contributed by atoms with Gasteiger partial charge in [0.2, 0.25) is 5.91 Å². The van der Waals surface area contributed by atoms with Gasteiger partial charge in [-0.1, -0.05) is 23.8 Å². The van der Waals surface area contributed by atoms with Gasteiger partial charge in [-0.05, 0) is 38.3 Å². The van der Waals surface area contributed by atoms with Crippen LogP contribution in [0.5, 0.6) is 0 Å². The topological polar surface area (TPSA) is 64.4 Å². The van der Waals surface area contributed by atoms with E-state index in [0.717, 1.165) is 5.56 Å². The second-order valence-corrected chi connectivity index (χ2v) is 5.51. The molecule has 0 aliphatic carbocycles. The summed E-state index contributed by atoms with van der Waals surface area (Å²) in [7, 11) is 0. The summed E-state index contributed by atoms with van der Waals surface area (Å²) >= 11 is 0. The first-order chi connectivity index (χ1) is 8.92. The van der Waals surface area contributed by atoms with Crippen molar-refractivity contribution in [3.8, 4) is 0 Å². The van der Waals surface area contributed by atoms with Gasteiger partial charge >= 0.3 is 0 Å². The molecule has 0 saturated carbocycles. The lowest BCUT2D eigenvalue weighted by Gasteiger charge is -2.25. The van der Waals surface area contributed by atoms with Crippen molar-refractivity contribution >= 4 is 5.91 Å². The highest BCUT2D eigenvalue weighted by atomic mass is 16.5. The lowest BCUT2D eigenvalue weighted by Crippen LogP contribution is -2.55. The molecule has 0 bridgehead atoms. The van der Waals surface area contributed by atoms with Gasteiger partial charge in [0.15, 0.2) is 0 Å². The Hall–Kier alpha value is -1.39. The number of hydrogen-bond donors (Lipinski definition) is 2. The minimum Gasteiger partial charge on any atom is -0.379 e. The zero-order valence-corrected chi connectivity index (χ0v) is 11.8. The second kappa shape index (κ2) is 5.31. The van der Waals surface area contributed by atoms with Crippen molar-refractivity contribution in [1.29, 1.82) is 0 Å². The summed E-state index contributed by atoms with van der Waals surface area (Å²) < 4.78 is 5.23. The van der Waals surface area contributed by atoms with E-state index in [1.54, 1.807) is 0 Å². The number of amides is 1. The number of rotatable bonds is 3. The third-order valence-electron chi connectivity index (χ3n) is 3.75. The summed E-state index contributed by atoms with van der Waals surface area (Å²) in [6.45, 7) is 6.94. The van der Waals surface area contributed by atoms with Gasteiger partial charge in [-0.15, -0.1) is 0 Å². The van der Waals surface area contributed by atoms with E-state index in [9.17, 15) is 4.79 Å². The predicted molar refractivity (Wildman–Crippen MR) is 74.8 cm³/mol. The van der Waals surface area contributed by atoms with E-state index in [1.807, 2.05) is 20.8 Å². The average molecular weight is 262 g/mol. The Morgan fingerprint density at radius 1 is 1.47 bits per heavy atom. The van der Waals surface area contributed by atoms with Crippen LogP contribution in [0.15, 0.2) is 18.2 Å². The minimum absolute atomic E-state index is 0.0478. The Bertz CT molecular complexity index is 479. The number of nitrogens with two attached hydrogens (primary N) is 1. The molecule has 1 fully saturated rings. The number of ether oxygens (including phenoxy) is 1. The molecule has 4 heteroatoms. The highest BCUT2D eigenvalue weighted by molar-refractivity contribution is 5.86. The monoisotopic (exact) mass is 262 g/mol.